The van der Waals surface area contributed by atoms with Gasteiger partial charge in [-0.1, -0.05) is 6.07 Å². The number of aryl methyl sites for hydroxylation is 1. The van der Waals surface area contributed by atoms with Gasteiger partial charge in [0.05, 0.1) is 10.6 Å². The first-order chi connectivity index (χ1) is 13.5. The number of hydrogen-bond donors (Lipinski definition) is 0. The van der Waals surface area contributed by atoms with Crippen LogP contribution >= 0.6 is 0 Å². The van der Waals surface area contributed by atoms with Gasteiger partial charge < -0.3 is 13.6 Å². The maximum absolute atomic E-state index is 12.2. The third-order valence-corrected chi connectivity index (χ3v) is 4.25. The summed E-state index contributed by atoms with van der Waals surface area (Å²) in [6.45, 7) is 1.98. The Morgan fingerprint density at radius 3 is 2.71 bits per heavy atom. The zero-order chi connectivity index (χ0) is 19.7. The maximum atomic E-state index is 12.2. The van der Waals surface area contributed by atoms with Crippen molar-refractivity contribution in [2.24, 2.45) is 0 Å². The molecule has 0 N–H and O–H groups in total. The lowest BCUT2D eigenvalue weighted by molar-refractivity contribution is -0.384. The predicted molar refractivity (Wildman–Crippen MR) is 99.8 cm³/mol. The SMILES string of the molecule is Cc1cccn2cc(COC(=O)c3ccc(-c4ccc([N+](=O)[O-])cc4)o3)nc12. The molecule has 0 aliphatic rings. The van der Waals surface area contributed by atoms with E-state index in [0.29, 0.717) is 17.0 Å². The number of nitro groups is 1. The molecule has 4 rings (SSSR count). The van der Waals surface area contributed by atoms with Crippen LogP contribution in [0.1, 0.15) is 21.8 Å². The number of aromatic nitrogens is 2. The standard InChI is InChI=1S/C20H15N3O5/c1-13-3-2-10-22-11-15(21-19(13)22)12-27-20(24)18-9-8-17(28-18)14-4-6-16(7-5-14)23(25)26/h2-11H,12H2,1H3. The second kappa shape index (κ2) is 6.99. The van der Waals surface area contributed by atoms with Crippen molar-refractivity contribution in [1.29, 1.82) is 0 Å². The van der Waals surface area contributed by atoms with Crippen LogP contribution in [0.5, 0.6) is 0 Å². The van der Waals surface area contributed by atoms with Crippen LogP contribution in [0, 0.1) is 17.0 Å². The number of benzene rings is 1. The molecule has 0 aliphatic carbocycles. The van der Waals surface area contributed by atoms with Crippen molar-refractivity contribution in [2.45, 2.75) is 13.5 Å². The van der Waals surface area contributed by atoms with Crippen molar-refractivity contribution in [2.75, 3.05) is 0 Å². The molecule has 0 bridgehead atoms. The van der Waals surface area contributed by atoms with Gasteiger partial charge in [0.2, 0.25) is 5.76 Å². The minimum atomic E-state index is -0.609. The average molecular weight is 377 g/mol. The Labute approximate surface area is 159 Å². The van der Waals surface area contributed by atoms with Crippen LogP contribution in [0.15, 0.2) is 65.3 Å². The van der Waals surface area contributed by atoms with Crippen LogP contribution < -0.4 is 0 Å². The van der Waals surface area contributed by atoms with Crippen LogP contribution in [-0.2, 0) is 11.3 Å². The summed E-state index contributed by atoms with van der Waals surface area (Å²) in [6, 6.07) is 12.9. The maximum Gasteiger partial charge on any atom is 0.374 e. The summed E-state index contributed by atoms with van der Waals surface area (Å²) in [4.78, 5) is 26.9. The molecule has 0 saturated heterocycles. The molecule has 0 amide bonds. The molecule has 1 aromatic carbocycles. The first-order valence-electron chi connectivity index (χ1n) is 8.46. The number of pyridine rings is 1. The summed E-state index contributed by atoms with van der Waals surface area (Å²) >= 11 is 0. The third-order valence-electron chi connectivity index (χ3n) is 4.25. The molecule has 0 aliphatic heterocycles. The largest absolute Gasteiger partial charge is 0.453 e. The van der Waals surface area contributed by atoms with Gasteiger partial charge in [0.25, 0.3) is 5.69 Å². The Bertz CT molecular complexity index is 1170. The van der Waals surface area contributed by atoms with Crippen LogP contribution in [-0.4, -0.2) is 20.3 Å². The molecule has 8 heteroatoms. The highest BCUT2D eigenvalue weighted by Crippen LogP contribution is 2.25. The Morgan fingerprint density at radius 2 is 2.00 bits per heavy atom. The highest BCUT2D eigenvalue weighted by molar-refractivity contribution is 5.87. The Hall–Kier alpha value is -3.94. The minimum Gasteiger partial charge on any atom is -0.453 e. The lowest BCUT2D eigenvalue weighted by Gasteiger charge is -2.00. The molecule has 0 spiro atoms. The van der Waals surface area contributed by atoms with E-state index in [2.05, 4.69) is 4.98 Å². The molecule has 0 radical (unpaired) electrons. The number of carbonyl (C=O) groups is 1. The fourth-order valence-corrected chi connectivity index (χ4v) is 2.83. The normalized spacial score (nSPS) is 10.9. The summed E-state index contributed by atoms with van der Waals surface area (Å²) in [6.07, 6.45) is 3.68. The van der Waals surface area contributed by atoms with E-state index in [1.807, 2.05) is 29.7 Å². The Kier molecular flexibility index (Phi) is 4.36. The molecule has 0 unspecified atom stereocenters. The van der Waals surface area contributed by atoms with Crippen molar-refractivity contribution in [3.63, 3.8) is 0 Å². The minimum absolute atomic E-state index is 0.0161. The van der Waals surface area contributed by atoms with E-state index in [1.54, 1.807) is 24.4 Å². The first-order valence-corrected chi connectivity index (χ1v) is 8.46. The number of hydrogen-bond acceptors (Lipinski definition) is 6. The third kappa shape index (κ3) is 3.35. The van der Waals surface area contributed by atoms with Gasteiger partial charge in [-0.2, -0.15) is 0 Å². The molecule has 0 fully saturated rings. The fraction of sp³-hybridized carbons (Fsp3) is 0.100. The summed E-state index contributed by atoms with van der Waals surface area (Å²) in [5, 5.41) is 10.7. The number of ether oxygens (including phenoxy) is 1. The summed E-state index contributed by atoms with van der Waals surface area (Å²) in [5.41, 5.74) is 3.08. The molecule has 140 valence electrons. The van der Waals surface area contributed by atoms with Gasteiger partial charge in [0.1, 0.15) is 18.0 Å². The number of esters is 1. The van der Waals surface area contributed by atoms with Gasteiger partial charge in [-0.25, -0.2) is 9.78 Å². The Balaban J connectivity index is 1.45. The lowest BCUT2D eigenvalue weighted by atomic mass is 10.1. The molecule has 3 aromatic heterocycles. The number of carbonyl (C=O) groups excluding carboxylic acids is 1. The quantitative estimate of drug-likeness (QED) is 0.294. The van der Waals surface area contributed by atoms with E-state index < -0.39 is 10.9 Å². The van der Waals surface area contributed by atoms with Gasteiger partial charge in [-0.3, -0.25) is 10.1 Å². The molecular formula is C20H15N3O5. The molecule has 3 heterocycles. The van der Waals surface area contributed by atoms with Crippen molar-refractivity contribution in [3.05, 3.63) is 88.1 Å². The van der Waals surface area contributed by atoms with Crippen molar-refractivity contribution < 1.29 is 18.9 Å². The smallest absolute Gasteiger partial charge is 0.374 e. The molecule has 28 heavy (non-hydrogen) atoms. The van der Waals surface area contributed by atoms with E-state index >= 15 is 0 Å². The average Bonchev–Trinajstić information content (AvgIpc) is 3.34. The van der Waals surface area contributed by atoms with Gasteiger partial charge >= 0.3 is 5.97 Å². The summed E-state index contributed by atoms with van der Waals surface area (Å²) < 4.78 is 12.7. The lowest BCUT2D eigenvalue weighted by Crippen LogP contribution is -2.04. The van der Waals surface area contributed by atoms with Crippen molar-refractivity contribution in [1.82, 2.24) is 9.38 Å². The van der Waals surface area contributed by atoms with E-state index in [1.165, 1.54) is 18.2 Å². The predicted octanol–water partition coefficient (Wildman–Crippen LogP) is 4.17. The van der Waals surface area contributed by atoms with Crippen LogP contribution in [0.2, 0.25) is 0 Å². The van der Waals surface area contributed by atoms with Crippen molar-refractivity contribution in [3.8, 4) is 11.3 Å². The highest BCUT2D eigenvalue weighted by atomic mass is 16.6. The second-order valence-corrected chi connectivity index (χ2v) is 6.20. The van der Waals surface area contributed by atoms with E-state index in [4.69, 9.17) is 9.15 Å². The molecule has 4 aromatic rings. The van der Waals surface area contributed by atoms with Gasteiger partial charge in [-0.05, 0) is 42.8 Å². The number of nitro benzene ring substituents is 1. The van der Waals surface area contributed by atoms with Gasteiger partial charge in [-0.15, -0.1) is 0 Å². The van der Waals surface area contributed by atoms with E-state index in [0.717, 1.165) is 11.2 Å². The van der Waals surface area contributed by atoms with Crippen LogP contribution in [0.4, 0.5) is 5.69 Å². The number of rotatable bonds is 5. The fourth-order valence-electron chi connectivity index (χ4n) is 2.83. The molecule has 0 saturated carbocycles. The molecular weight excluding hydrogens is 362 g/mol. The number of furan rings is 1. The number of non-ortho nitro benzene ring substituents is 1. The number of nitrogens with zero attached hydrogens (tertiary/aromatic N) is 3. The second-order valence-electron chi connectivity index (χ2n) is 6.20. The van der Waals surface area contributed by atoms with Crippen LogP contribution in [0.25, 0.3) is 17.0 Å². The molecule has 0 atom stereocenters. The Morgan fingerprint density at radius 1 is 1.21 bits per heavy atom. The van der Waals surface area contributed by atoms with E-state index in [9.17, 15) is 14.9 Å². The monoisotopic (exact) mass is 377 g/mol. The summed E-state index contributed by atoms with van der Waals surface area (Å²) in [5.74, 6) is -0.138. The molecule has 8 nitrogen and oxygen atoms in total. The number of fused-ring (bicyclic) bond motifs is 1. The highest BCUT2D eigenvalue weighted by Gasteiger charge is 2.15. The van der Waals surface area contributed by atoms with Gasteiger partial charge in [0.15, 0.2) is 0 Å². The zero-order valence-corrected chi connectivity index (χ0v) is 14.9. The zero-order valence-electron chi connectivity index (χ0n) is 14.9. The topological polar surface area (TPSA) is 99.9 Å². The van der Waals surface area contributed by atoms with Crippen LogP contribution in [0.3, 0.4) is 0 Å². The van der Waals surface area contributed by atoms with E-state index in [-0.39, 0.29) is 18.1 Å². The first kappa shape index (κ1) is 17.5. The van der Waals surface area contributed by atoms with Gasteiger partial charge in [0, 0.05) is 30.1 Å². The van der Waals surface area contributed by atoms with Crippen molar-refractivity contribution >= 4 is 17.3 Å². The summed E-state index contributed by atoms with van der Waals surface area (Å²) in [7, 11) is 0. The number of imidazole rings is 1.